The fourth-order valence-electron chi connectivity index (χ4n) is 1.35. The van der Waals surface area contributed by atoms with E-state index in [9.17, 15) is 4.39 Å². The van der Waals surface area contributed by atoms with Gasteiger partial charge in [0, 0.05) is 11.6 Å². The Morgan fingerprint density at radius 1 is 1.29 bits per heavy atom. The van der Waals surface area contributed by atoms with E-state index in [4.69, 9.17) is 16.9 Å². The van der Waals surface area contributed by atoms with Crippen LogP contribution in [0.15, 0.2) is 30.3 Å². The Bertz CT molecular complexity index is 534. The predicted octanol–water partition coefficient (Wildman–Crippen LogP) is 1.43. The molecule has 0 saturated carbocycles. The highest BCUT2D eigenvalue weighted by molar-refractivity contribution is 5.85. The normalized spacial score (nSPS) is 9.71. The Labute approximate surface area is 103 Å². The van der Waals surface area contributed by atoms with Gasteiger partial charge >= 0.3 is 0 Å². The first-order chi connectivity index (χ1) is 7.58. The van der Waals surface area contributed by atoms with Gasteiger partial charge in [-0.15, -0.1) is 12.4 Å². The van der Waals surface area contributed by atoms with E-state index in [1.54, 1.807) is 18.2 Å². The highest BCUT2D eigenvalue weighted by Crippen LogP contribution is 2.20. The molecule has 0 aliphatic carbocycles. The topological polar surface area (TPSA) is 93.7 Å². The number of rotatable bonds is 1. The molecule has 1 heterocycles. The molecule has 0 spiro atoms. The van der Waals surface area contributed by atoms with E-state index in [2.05, 4.69) is 5.10 Å². The van der Waals surface area contributed by atoms with Gasteiger partial charge in [-0.3, -0.25) is 5.41 Å². The number of hydrogen-bond acceptors (Lipinski definition) is 3. The molecule has 90 valence electrons. The van der Waals surface area contributed by atoms with Crippen LogP contribution in [0.5, 0.6) is 0 Å². The lowest BCUT2D eigenvalue weighted by atomic mass is 10.1. The van der Waals surface area contributed by atoms with Crippen LogP contribution in [0.1, 0.15) is 0 Å². The van der Waals surface area contributed by atoms with Crippen molar-refractivity contribution >= 4 is 24.2 Å². The van der Waals surface area contributed by atoms with Crippen molar-refractivity contribution in [2.24, 2.45) is 5.73 Å². The Hall–Kier alpha value is -2.08. The van der Waals surface area contributed by atoms with E-state index in [-0.39, 0.29) is 30.0 Å². The monoisotopic (exact) mass is 255 g/mol. The standard InChI is InChI=1S/C10H10FN5.ClH/c11-7-3-1-6(2-4-7)8-5-9(12)16(15-8)10(13)14;/h1-5H,12H2,(H3,13,14);1H. The summed E-state index contributed by atoms with van der Waals surface area (Å²) in [6.45, 7) is 0. The second-order valence-corrected chi connectivity index (χ2v) is 3.26. The second kappa shape index (κ2) is 4.84. The van der Waals surface area contributed by atoms with E-state index < -0.39 is 0 Å². The van der Waals surface area contributed by atoms with Crippen molar-refractivity contribution < 1.29 is 4.39 Å². The van der Waals surface area contributed by atoms with Crippen molar-refractivity contribution in [2.45, 2.75) is 0 Å². The van der Waals surface area contributed by atoms with E-state index in [0.717, 1.165) is 4.68 Å². The molecule has 7 heteroatoms. The zero-order chi connectivity index (χ0) is 11.7. The van der Waals surface area contributed by atoms with Gasteiger partial charge in [-0.2, -0.15) is 9.78 Å². The van der Waals surface area contributed by atoms with Crippen LogP contribution in [0, 0.1) is 11.2 Å². The molecule has 1 aromatic heterocycles. The molecule has 0 aliphatic rings. The van der Waals surface area contributed by atoms with Gasteiger partial charge in [0.05, 0.1) is 5.69 Å². The summed E-state index contributed by atoms with van der Waals surface area (Å²) >= 11 is 0. The summed E-state index contributed by atoms with van der Waals surface area (Å²) in [6.07, 6.45) is 0. The SMILES string of the molecule is Cl.N=C(N)n1nc(-c2ccc(F)cc2)cc1N. The van der Waals surface area contributed by atoms with Crippen molar-refractivity contribution in [1.82, 2.24) is 9.78 Å². The van der Waals surface area contributed by atoms with Gasteiger partial charge in [0.2, 0.25) is 5.96 Å². The first-order valence-corrected chi connectivity index (χ1v) is 4.54. The molecule has 0 bridgehead atoms. The Balaban J connectivity index is 0.00000144. The number of aromatic nitrogens is 2. The largest absolute Gasteiger partial charge is 0.383 e. The Morgan fingerprint density at radius 2 is 1.88 bits per heavy atom. The lowest BCUT2D eigenvalue weighted by Crippen LogP contribution is -2.23. The molecule has 5 N–H and O–H groups in total. The first-order valence-electron chi connectivity index (χ1n) is 4.54. The number of nitrogens with two attached hydrogens (primary N) is 2. The van der Waals surface area contributed by atoms with Crippen molar-refractivity contribution in [2.75, 3.05) is 5.73 Å². The molecule has 5 nitrogen and oxygen atoms in total. The van der Waals surface area contributed by atoms with Crippen molar-refractivity contribution in [3.8, 4) is 11.3 Å². The number of hydrogen-bond donors (Lipinski definition) is 3. The number of nitrogen functional groups attached to an aromatic ring is 2. The minimum atomic E-state index is -0.317. The molecule has 1 aromatic carbocycles. The molecule has 0 fully saturated rings. The smallest absolute Gasteiger partial charge is 0.215 e. The molecule has 0 unspecified atom stereocenters. The third-order valence-corrected chi connectivity index (χ3v) is 2.11. The number of nitrogens with zero attached hydrogens (tertiary/aromatic N) is 2. The average molecular weight is 256 g/mol. The van der Waals surface area contributed by atoms with Crippen LogP contribution < -0.4 is 11.5 Å². The fourth-order valence-corrected chi connectivity index (χ4v) is 1.35. The maximum atomic E-state index is 12.7. The third kappa shape index (κ3) is 2.54. The van der Waals surface area contributed by atoms with Crippen LogP contribution in [0.3, 0.4) is 0 Å². The van der Waals surface area contributed by atoms with Gasteiger partial charge in [0.25, 0.3) is 0 Å². The lowest BCUT2D eigenvalue weighted by molar-refractivity contribution is 0.628. The lowest BCUT2D eigenvalue weighted by Gasteiger charge is -1.98. The molecule has 0 amide bonds. The third-order valence-electron chi connectivity index (χ3n) is 2.11. The summed E-state index contributed by atoms with van der Waals surface area (Å²) in [4.78, 5) is 0. The number of nitrogens with one attached hydrogen (secondary N) is 1. The van der Waals surface area contributed by atoms with Crippen LogP contribution >= 0.6 is 12.4 Å². The number of anilines is 1. The Morgan fingerprint density at radius 3 is 2.35 bits per heavy atom. The molecule has 0 saturated heterocycles. The number of benzene rings is 1. The molecule has 17 heavy (non-hydrogen) atoms. The van der Waals surface area contributed by atoms with E-state index in [1.165, 1.54) is 12.1 Å². The fraction of sp³-hybridized carbons (Fsp3) is 0. The van der Waals surface area contributed by atoms with Crippen molar-refractivity contribution in [1.29, 1.82) is 5.41 Å². The van der Waals surface area contributed by atoms with E-state index in [0.29, 0.717) is 11.3 Å². The summed E-state index contributed by atoms with van der Waals surface area (Å²) in [7, 11) is 0. The molecule has 2 rings (SSSR count). The zero-order valence-electron chi connectivity index (χ0n) is 8.72. The first kappa shape index (κ1) is 13.0. The van der Waals surface area contributed by atoms with Gasteiger partial charge in [0.15, 0.2) is 0 Å². The molecular formula is C10H11ClFN5. The summed E-state index contributed by atoms with van der Waals surface area (Å²) in [5, 5.41) is 11.3. The molecule has 0 aliphatic heterocycles. The van der Waals surface area contributed by atoms with E-state index in [1.807, 2.05) is 0 Å². The van der Waals surface area contributed by atoms with Crippen LogP contribution in [-0.2, 0) is 0 Å². The summed E-state index contributed by atoms with van der Waals surface area (Å²) in [5.74, 6) is -0.305. The van der Waals surface area contributed by atoms with Gasteiger partial charge in [-0.05, 0) is 24.3 Å². The minimum absolute atomic E-state index is 0. The predicted molar refractivity (Wildman–Crippen MR) is 66.6 cm³/mol. The maximum absolute atomic E-state index is 12.7. The number of halogens is 2. The van der Waals surface area contributed by atoms with Gasteiger partial charge in [-0.1, -0.05) is 0 Å². The van der Waals surface area contributed by atoms with Crippen LogP contribution in [0.4, 0.5) is 10.2 Å². The van der Waals surface area contributed by atoms with Gasteiger partial charge in [-0.25, -0.2) is 4.39 Å². The van der Waals surface area contributed by atoms with Crippen molar-refractivity contribution in [3.05, 3.63) is 36.1 Å². The van der Waals surface area contributed by atoms with Gasteiger partial charge < -0.3 is 11.5 Å². The van der Waals surface area contributed by atoms with Crippen LogP contribution in [0.2, 0.25) is 0 Å². The summed E-state index contributed by atoms with van der Waals surface area (Å²) in [5.41, 5.74) is 12.2. The highest BCUT2D eigenvalue weighted by atomic mass is 35.5. The quantitative estimate of drug-likeness (QED) is 0.532. The van der Waals surface area contributed by atoms with Crippen LogP contribution in [0.25, 0.3) is 11.3 Å². The van der Waals surface area contributed by atoms with E-state index >= 15 is 0 Å². The maximum Gasteiger partial charge on any atom is 0.215 e. The molecule has 0 atom stereocenters. The highest BCUT2D eigenvalue weighted by Gasteiger charge is 2.08. The minimum Gasteiger partial charge on any atom is -0.383 e. The average Bonchev–Trinajstić information content (AvgIpc) is 2.61. The summed E-state index contributed by atoms with van der Waals surface area (Å²) in [6, 6.07) is 7.41. The van der Waals surface area contributed by atoms with Gasteiger partial charge in [0.1, 0.15) is 11.6 Å². The molecule has 2 aromatic rings. The zero-order valence-corrected chi connectivity index (χ0v) is 9.54. The van der Waals surface area contributed by atoms with Crippen LogP contribution in [-0.4, -0.2) is 15.7 Å². The second-order valence-electron chi connectivity index (χ2n) is 3.26. The molecular weight excluding hydrogens is 245 g/mol. The Kier molecular flexibility index (Phi) is 3.69. The van der Waals surface area contributed by atoms with Crippen molar-refractivity contribution in [3.63, 3.8) is 0 Å². The molecule has 0 radical (unpaired) electrons. The summed E-state index contributed by atoms with van der Waals surface area (Å²) < 4.78 is 13.8.